The van der Waals surface area contributed by atoms with Crippen molar-refractivity contribution in [2.75, 3.05) is 47.8 Å². The van der Waals surface area contributed by atoms with E-state index in [1.165, 1.54) is 25.7 Å². The summed E-state index contributed by atoms with van der Waals surface area (Å²) >= 11 is 5.46. The summed E-state index contributed by atoms with van der Waals surface area (Å²) < 4.78 is 0. The molecule has 2 saturated heterocycles. The van der Waals surface area contributed by atoms with Crippen LogP contribution in [0.25, 0.3) is 0 Å². The lowest BCUT2D eigenvalue weighted by Crippen LogP contribution is -2.40. The molecule has 1 aromatic heterocycles. The number of rotatable bonds is 5. The largest absolute Gasteiger partial charge is 0.362 e. The fourth-order valence-corrected chi connectivity index (χ4v) is 4.39. The Morgan fingerprint density at radius 1 is 1.07 bits per heavy atom. The number of piperidine rings is 2. The Bertz CT molecular complexity index is 648. The van der Waals surface area contributed by atoms with Gasteiger partial charge >= 0.3 is 0 Å². The number of aromatic nitrogens is 2. The molecule has 0 aliphatic carbocycles. The van der Waals surface area contributed by atoms with Gasteiger partial charge in [0.25, 0.3) is 0 Å². The van der Waals surface area contributed by atoms with Crippen molar-refractivity contribution in [3.63, 3.8) is 0 Å². The van der Waals surface area contributed by atoms with E-state index in [2.05, 4.69) is 54.2 Å². The number of hydrogen-bond acceptors (Lipinski definition) is 5. The molecule has 0 aromatic carbocycles. The highest BCUT2D eigenvalue weighted by Gasteiger charge is 2.25. The molecule has 0 radical (unpaired) electrons. The SMILES string of the molecule is CC(C)CNC(=S)Nc1nc(N2CCCCC2)cc(N2C[C@H](C)C[C@@H](C)C2)n1. The van der Waals surface area contributed by atoms with Crippen molar-refractivity contribution >= 4 is 34.9 Å². The van der Waals surface area contributed by atoms with Crippen LogP contribution in [-0.2, 0) is 0 Å². The third kappa shape index (κ3) is 5.93. The molecule has 2 aliphatic rings. The standard InChI is InChI=1S/C21H36N6S/c1-15(2)12-22-21(28)25-20-23-18(26-8-6-5-7-9-26)11-19(24-20)27-13-16(3)10-17(4)14-27/h11,15-17H,5-10,12-14H2,1-4H3,(H2,22,23,24,25,28)/t16-,17-/m1/s1. The van der Waals surface area contributed by atoms with Crippen LogP contribution in [-0.4, -0.2) is 47.8 Å². The van der Waals surface area contributed by atoms with E-state index in [1.54, 1.807) is 0 Å². The van der Waals surface area contributed by atoms with Gasteiger partial charge in [-0.25, -0.2) is 0 Å². The van der Waals surface area contributed by atoms with Crippen LogP contribution in [0.15, 0.2) is 6.07 Å². The van der Waals surface area contributed by atoms with Crippen LogP contribution in [0.2, 0.25) is 0 Å². The lowest BCUT2D eigenvalue weighted by Gasteiger charge is -2.36. The van der Waals surface area contributed by atoms with Crippen molar-refractivity contribution in [1.82, 2.24) is 15.3 Å². The van der Waals surface area contributed by atoms with Gasteiger partial charge in [0.05, 0.1) is 0 Å². The monoisotopic (exact) mass is 404 g/mol. The first kappa shape index (κ1) is 21.1. The summed E-state index contributed by atoms with van der Waals surface area (Å²) in [5, 5.41) is 7.07. The smallest absolute Gasteiger partial charge is 0.232 e. The molecule has 2 N–H and O–H groups in total. The molecular weight excluding hydrogens is 368 g/mol. The molecular formula is C21H36N6S. The van der Waals surface area contributed by atoms with Gasteiger partial charge in [-0.15, -0.1) is 0 Å². The van der Waals surface area contributed by atoms with E-state index in [0.717, 1.165) is 44.4 Å². The van der Waals surface area contributed by atoms with E-state index in [1.807, 2.05) is 0 Å². The zero-order valence-corrected chi connectivity index (χ0v) is 18.7. The first-order valence-corrected chi connectivity index (χ1v) is 11.3. The van der Waals surface area contributed by atoms with Gasteiger partial charge in [-0.1, -0.05) is 27.7 Å². The molecule has 3 rings (SSSR count). The minimum atomic E-state index is 0.534. The van der Waals surface area contributed by atoms with Gasteiger partial charge in [-0.05, 0) is 55.7 Å². The molecule has 2 aliphatic heterocycles. The second-order valence-electron chi connectivity index (χ2n) is 9.04. The second-order valence-corrected chi connectivity index (χ2v) is 9.44. The zero-order chi connectivity index (χ0) is 20.1. The van der Waals surface area contributed by atoms with Crippen LogP contribution in [0.4, 0.5) is 17.6 Å². The average Bonchev–Trinajstić information content (AvgIpc) is 2.66. The fraction of sp³-hybridized carbons (Fsp3) is 0.762. The molecule has 1 aromatic rings. The number of nitrogens with zero attached hydrogens (tertiary/aromatic N) is 4. The van der Waals surface area contributed by atoms with E-state index < -0.39 is 0 Å². The summed E-state index contributed by atoms with van der Waals surface area (Å²) in [6.07, 6.45) is 5.06. The van der Waals surface area contributed by atoms with Crippen LogP contribution in [0.5, 0.6) is 0 Å². The quantitative estimate of drug-likeness (QED) is 0.722. The van der Waals surface area contributed by atoms with Crippen LogP contribution < -0.4 is 20.4 Å². The number of anilines is 3. The van der Waals surface area contributed by atoms with Crippen molar-refractivity contribution in [2.45, 2.75) is 53.4 Å². The van der Waals surface area contributed by atoms with Gasteiger partial charge in [0.15, 0.2) is 5.11 Å². The van der Waals surface area contributed by atoms with E-state index in [-0.39, 0.29) is 0 Å². The van der Waals surface area contributed by atoms with Crippen LogP contribution in [0, 0.1) is 17.8 Å². The molecule has 28 heavy (non-hydrogen) atoms. The Kier molecular flexibility index (Phi) is 7.32. The van der Waals surface area contributed by atoms with Crippen molar-refractivity contribution in [3.8, 4) is 0 Å². The fourth-order valence-electron chi connectivity index (χ4n) is 4.22. The molecule has 0 unspecified atom stereocenters. The highest BCUT2D eigenvalue weighted by atomic mass is 32.1. The lowest BCUT2D eigenvalue weighted by molar-refractivity contribution is 0.355. The van der Waals surface area contributed by atoms with Gasteiger partial charge < -0.3 is 20.4 Å². The van der Waals surface area contributed by atoms with Gasteiger partial charge in [0.2, 0.25) is 5.95 Å². The molecule has 0 saturated carbocycles. The molecule has 2 atom stereocenters. The molecule has 6 nitrogen and oxygen atoms in total. The van der Waals surface area contributed by atoms with Crippen LogP contribution in [0.3, 0.4) is 0 Å². The van der Waals surface area contributed by atoms with Crippen LogP contribution >= 0.6 is 12.2 Å². The lowest BCUT2D eigenvalue weighted by atomic mass is 9.92. The maximum atomic E-state index is 5.46. The molecule has 3 heterocycles. The maximum absolute atomic E-state index is 5.46. The molecule has 0 amide bonds. The molecule has 0 spiro atoms. The highest BCUT2D eigenvalue weighted by molar-refractivity contribution is 7.80. The maximum Gasteiger partial charge on any atom is 0.232 e. The Morgan fingerprint density at radius 2 is 1.68 bits per heavy atom. The Labute approximate surface area is 175 Å². The minimum absolute atomic E-state index is 0.534. The number of nitrogens with one attached hydrogen (secondary N) is 2. The minimum Gasteiger partial charge on any atom is -0.362 e. The Hall–Kier alpha value is -1.63. The zero-order valence-electron chi connectivity index (χ0n) is 17.9. The van der Waals surface area contributed by atoms with E-state index in [4.69, 9.17) is 22.2 Å². The molecule has 156 valence electrons. The van der Waals surface area contributed by atoms with Gasteiger partial charge in [-0.3, -0.25) is 0 Å². The summed E-state index contributed by atoms with van der Waals surface area (Å²) in [7, 11) is 0. The topological polar surface area (TPSA) is 56.3 Å². The summed E-state index contributed by atoms with van der Waals surface area (Å²) in [6, 6.07) is 2.17. The van der Waals surface area contributed by atoms with E-state index in [9.17, 15) is 0 Å². The average molecular weight is 405 g/mol. The first-order valence-electron chi connectivity index (χ1n) is 10.8. The number of thiocarbonyl (C=S) groups is 1. The Morgan fingerprint density at radius 3 is 2.29 bits per heavy atom. The van der Waals surface area contributed by atoms with E-state index >= 15 is 0 Å². The van der Waals surface area contributed by atoms with Crippen molar-refractivity contribution < 1.29 is 0 Å². The van der Waals surface area contributed by atoms with Gasteiger partial charge in [0, 0.05) is 38.8 Å². The summed E-state index contributed by atoms with van der Waals surface area (Å²) in [5.41, 5.74) is 0. The molecule has 2 fully saturated rings. The normalized spacial score (nSPS) is 23.0. The summed E-state index contributed by atoms with van der Waals surface area (Å²) in [4.78, 5) is 14.5. The third-order valence-corrected chi connectivity index (χ3v) is 5.71. The van der Waals surface area contributed by atoms with Crippen LogP contribution in [0.1, 0.15) is 53.4 Å². The number of hydrogen-bond donors (Lipinski definition) is 2. The van der Waals surface area contributed by atoms with Gasteiger partial charge in [-0.2, -0.15) is 9.97 Å². The van der Waals surface area contributed by atoms with Crippen molar-refractivity contribution in [1.29, 1.82) is 0 Å². The molecule has 0 bridgehead atoms. The van der Waals surface area contributed by atoms with Crippen molar-refractivity contribution in [2.24, 2.45) is 17.8 Å². The highest BCUT2D eigenvalue weighted by Crippen LogP contribution is 2.29. The summed E-state index contributed by atoms with van der Waals surface area (Å²) in [5.74, 6) is 4.54. The Balaban J connectivity index is 1.82. The van der Waals surface area contributed by atoms with Gasteiger partial charge in [0.1, 0.15) is 11.6 Å². The first-order chi connectivity index (χ1) is 13.4. The third-order valence-electron chi connectivity index (χ3n) is 5.47. The van der Waals surface area contributed by atoms with E-state index in [0.29, 0.717) is 28.8 Å². The van der Waals surface area contributed by atoms with Crippen molar-refractivity contribution in [3.05, 3.63) is 6.07 Å². The second kappa shape index (κ2) is 9.72. The predicted molar refractivity (Wildman–Crippen MR) is 122 cm³/mol. The summed E-state index contributed by atoms with van der Waals surface area (Å²) in [6.45, 7) is 14.1. The molecule has 7 heteroatoms. The predicted octanol–water partition coefficient (Wildman–Crippen LogP) is 3.89.